The van der Waals surface area contributed by atoms with E-state index in [0.717, 1.165) is 11.1 Å². The topological polar surface area (TPSA) is 81.4 Å². The Balaban J connectivity index is 2.68. The molecule has 0 aliphatic carbocycles. The van der Waals surface area contributed by atoms with E-state index in [1.807, 2.05) is 36.4 Å². The fourth-order valence-electron chi connectivity index (χ4n) is 1.23. The molecule has 0 bridgehead atoms. The summed E-state index contributed by atoms with van der Waals surface area (Å²) in [6, 6.07) is 7.55. The van der Waals surface area contributed by atoms with E-state index in [4.69, 9.17) is 10.7 Å². The van der Waals surface area contributed by atoms with Crippen molar-refractivity contribution in [3.63, 3.8) is 0 Å². The standard InChI is InChI=1S/C11H12N4O/c12-15-13-8-4-3-6-10-5-1-2-7-11(10)9-14-16/h1-3,5-7,9,16H,4,8H2. The van der Waals surface area contributed by atoms with Crippen LogP contribution in [0.2, 0.25) is 0 Å². The van der Waals surface area contributed by atoms with Crippen LogP contribution in [0.1, 0.15) is 17.5 Å². The molecule has 16 heavy (non-hydrogen) atoms. The molecule has 0 atom stereocenters. The van der Waals surface area contributed by atoms with Gasteiger partial charge in [0.15, 0.2) is 0 Å². The number of rotatable bonds is 5. The molecule has 0 saturated heterocycles. The molecule has 5 heteroatoms. The molecule has 0 radical (unpaired) electrons. The van der Waals surface area contributed by atoms with Crippen molar-refractivity contribution in [2.75, 3.05) is 6.54 Å². The first kappa shape index (κ1) is 11.8. The van der Waals surface area contributed by atoms with E-state index in [0.29, 0.717) is 13.0 Å². The Labute approximate surface area is 93.3 Å². The Hall–Kier alpha value is -2.26. The Bertz CT molecular complexity index is 433. The molecule has 0 aliphatic rings. The average molecular weight is 216 g/mol. The molecule has 1 rings (SSSR count). The van der Waals surface area contributed by atoms with Gasteiger partial charge in [0.1, 0.15) is 0 Å². The van der Waals surface area contributed by atoms with Crippen molar-refractivity contribution in [2.45, 2.75) is 6.42 Å². The monoisotopic (exact) mass is 216 g/mol. The average Bonchev–Trinajstić information content (AvgIpc) is 2.31. The maximum atomic E-state index is 8.48. The summed E-state index contributed by atoms with van der Waals surface area (Å²) < 4.78 is 0. The number of benzene rings is 1. The van der Waals surface area contributed by atoms with Crippen molar-refractivity contribution >= 4 is 12.3 Å². The number of hydrogen-bond donors (Lipinski definition) is 1. The highest BCUT2D eigenvalue weighted by Gasteiger charge is 1.93. The molecule has 0 aliphatic heterocycles. The third kappa shape index (κ3) is 3.86. The minimum absolute atomic E-state index is 0.448. The number of nitrogens with zero attached hydrogens (tertiary/aromatic N) is 4. The molecule has 1 aromatic rings. The number of hydrogen-bond acceptors (Lipinski definition) is 3. The van der Waals surface area contributed by atoms with Crippen LogP contribution in [0.25, 0.3) is 16.5 Å². The maximum absolute atomic E-state index is 8.48. The maximum Gasteiger partial charge on any atom is 0.0739 e. The van der Waals surface area contributed by atoms with Gasteiger partial charge in [-0.15, -0.1) is 0 Å². The van der Waals surface area contributed by atoms with E-state index in [-0.39, 0.29) is 0 Å². The van der Waals surface area contributed by atoms with Crippen LogP contribution >= 0.6 is 0 Å². The fourth-order valence-corrected chi connectivity index (χ4v) is 1.23. The molecule has 82 valence electrons. The first-order valence-electron chi connectivity index (χ1n) is 4.82. The van der Waals surface area contributed by atoms with Crippen LogP contribution in [-0.4, -0.2) is 18.0 Å². The van der Waals surface area contributed by atoms with E-state index in [1.165, 1.54) is 6.21 Å². The van der Waals surface area contributed by atoms with E-state index in [1.54, 1.807) is 0 Å². The summed E-state index contributed by atoms with van der Waals surface area (Å²) in [5.41, 5.74) is 9.88. The van der Waals surface area contributed by atoms with Gasteiger partial charge in [0.2, 0.25) is 0 Å². The minimum Gasteiger partial charge on any atom is -0.411 e. The molecule has 1 N–H and O–H groups in total. The van der Waals surface area contributed by atoms with Gasteiger partial charge in [0.05, 0.1) is 6.21 Å². The lowest BCUT2D eigenvalue weighted by Gasteiger charge is -1.98. The summed E-state index contributed by atoms with van der Waals surface area (Å²) in [5.74, 6) is 0. The predicted octanol–water partition coefficient (Wildman–Crippen LogP) is 3.21. The Morgan fingerprint density at radius 3 is 2.75 bits per heavy atom. The molecule has 0 saturated carbocycles. The van der Waals surface area contributed by atoms with Crippen LogP contribution in [0.4, 0.5) is 0 Å². The molecule has 5 nitrogen and oxygen atoms in total. The van der Waals surface area contributed by atoms with Crippen LogP contribution in [0.3, 0.4) is 0 Å². The SMILES string of the molecule is [N-]=[N+]=NCCC=Cc1ccccc1C=NO. The van der Waals surface area contributed by atoms with E-state index < -0.39 is 0 Å². The summed E-state index contributed by atoms with van der Waals surface area (Å²) in [5, 5.41) is 14.9. The summed E-state index contributed by atoms with van der Waals surface area (Å²) in [6.45, 7) is 0.448. The van der Waals surface area contributed by atoms with Crippen LogP contribution in [0.15, 0.2) is 40.6 Å². The smallest absolute Gasteiger partial charge is 0.0739 e. The molecule has 0 amide bonds. The highest BCUT2D eigenvalue weighted by Crippen LogP contribution is 2.08. The third-order valence-corrected chi connectivity index (χ3v) is 1.95. The predicted molar refractivity (Wildman–Crippen MR) is 63.5 cm³/mol. The van der Waals surface area contributed by atoms with Gasteiger partial charge in [-0.3, -0.25) is 0 Å². The van der Waals surface area contributed by atoms with Gasteiger partial charge in [0, 0.05) is 17.0 Å². The fraction of sp³-hybridized carbons (Fsp3) is 0.182. The quantitative estimate of drug-likeness (QED) is 0.153. The van der Waals surface area contributed by atoms with Crippen molar-refractivity contribution in [3.05, 3.63) is 51.9 Å². The lowest BCUT2D eigenvalue weighted by Crippen LogP contribution is -1.85. The second-order valence-corrected chi connectivity index (χ2v) is 3.02. The Morgan fingerprint density at radius 2 is 2.06 bits per heavy atom. The molecule has 0 unspecified atom stereocenters. The Morgan fingerprint density at radius 1 is 1.31 bits per heavy atom. The van der Waals surface area contributed by atoms with Gasteiger partial charge in [0.25, 0.3) is 0 Å². The van der Waals surface area contributed by atoms with E-state index >= 15 is 0 Å². The summed E-state index contributed by atoms with van der Waals surface area (Å²) >= 11 is 0. The summed E-state index contributed by atoms with van der Waals surface area (Å²) in [6.07, 6.45) is 5.89. The summed E-state index contributed by atoms with van der Waals surface area (Å²) in [4.78, 5) is 2.66. The van der Waals surface area contributed by atoms with Crippen LogP contribution < -0.4 is 0 Å². The van der Waals surface area contributed by atoms with Gasteiger partial charge in [-0.05, 0) is 17.5 Å². The first-order chi connectivity index (χ1) is 7.88. The van der Waals surface area contributed by atoms with Crippen molar-refractivity contribution in [1.82, 2.24) is 0 Å². The molecular formula is C11H12N4O. The normalized spacial score (nSPS) is 10.8. The van der Waals surface area contributed by atoms with Crippen molar-refractivity contribution in [2.24, 2.45) is 10.3 Å². The third-order valence-electron chi connectivity index (χ3n) is 1.95. The highest BCUT2D eigenvalue weighted by atomic mass is 16.4. The largest absolute Gasteiger partial charge is 0.411 e. The van der Waals surface area contributed by atoms with Crippen LogP contribution in [-0.2, 0) is 0 Å². The molecule has 0 spiro atoms. The van der Waals surface area contributed by atoms with Crippen molar-refractivity contribution in [3.8, 4) is 0 Å². The molecule has 0 fully saturated rings. The van der Waals surface area contributed by atoms with Gasteiger partial charge in [-0.1, -0.05) is 46.7 Å². The van der Waals surface area contributed by atoms with Gasteiger partial charge >= 0.3 is 0 Å². The Kier molecular flexibility index (Phi) is 5.23. The van der Waals surface area contributed by atoms with Gasteiger partial charge in [-0.2, -0.15) is 0 Å². The molecule has 0 aromatic heterocycles. The molecular weight excluding hydrogens is 204 g/mol. The number of oxime groups is 1. The van der Waals surface area contributed by atoms with Gasteiger partial charge in [-0.25, -0.2) is 0 Å². The van der Waals surface area contributed by atoms with Crippen molar-refractivity contribution in [1.29, 1.82) is 0 Å². The zero-order valence-electron chi connectivity index (χ0n) is 8.69. The minimum atomic E-state index is 0.448. The van der Waals surface area contributed by atoms with Crippen LogP contribution in [0, 0.1) is 0 Å². The lowest BCUT2D eigenvalue weighted by atomic mass is 10.1. The number of azide groups is 1. The highest BCUT2D eigenvalue weighted by molar-refractivity contribution is 5.84. The first-order valence-corrected chi connectivity index (χ1v) is 4.82. The zero-order chi connectivity index (χ0) is 11.6. The van der Waals surface area contributed by atoms with Gasteiger partial charge < -0.3 is 5.21 Å². The molecule has 0 heterocycles. The summed E-state index contributed by atoms with van der Waals surface area (Å²) in [7, 11) is 0. The second-order valence-electron chi connectivity index (χ2n) is 3.02. The second kappa shape index (κ2) is 7.09. The van der Waals surface area contributed by atoms with Crippen LogP contribution in [0.5, 0.6) is 0 Å². The van der Waals surface area contributed by atoms with E-state index in [9.17, 15) is 0 Å². The lowest BCUT2D eigenvalue weighted by molar-refractivity contribution is 0.322. The van der Waals surface area contributed by atoms with Crippen molar-refractivity contribution < 1.29 is 5.21 Å². The molecule has 1 aromatic carbocycles. The zero-order valence-corrected chi connectivity index (χ0v) is 8.69. The van der Waals surface area contributed by atoms with E-state index in [2.05, 4.69) is 15.2 Å².